The van der Waals surface area contributed by atoms with Crippen LogP contribution in [0.4, 0.5) is 15.6 Å². The summed E-state index contributed by atoms with van der Waals surface area (Å²) in [5.74, 6) is 0.588. The van der Waals surface area contributed by atoms with Gasteiger partial charge in [-0.1, -0.05) is 48.5 Å². The lowest BCUT2D eigenvalue weighted by Gasteiger charge is -2.11. The van der Waals surface area contributed by atoms with Crippen LogP contribution in [0.25, 0.3) is 28.2 Å². The summed E-state index contributed by atoms with van der Waals surface area (Å²) in [5.41, 5.74) is 5.02. The summed E-state index contributed by atoms with van der Waals surface area (Å²) in [7, 11) is 1.86. The second kappa shape index (κ2) is 8.95. The zero-order valence-corrected chi connectivity index (χ0v) is 19.8. The molecule has 0 saturated heterocycles. The molecule has 5 aromatic rings. The average Bonchev–Trinajstić information content (AvgIpc) is 3.52. The normalized spacial score (nSPS) is 10.9. The van der Waals surface area contributed by atoms with E-state index in [4.69, 9.17) is 5.10 Å². The van der Waals surface area contributed by atoms with Crippen LogP contribution >= 0.6 is 11.3 Å². The molecule has 3 aromatic heterocycles. The highest BCUT2D eigenvalue weighted by Gasteiger charge is 2.21. The summed E-state index contributed by atoms with van der Waals surface area (Å²) in [4.78, 5) is 17.8. The van der Waals surface area contributed by atoms with E-state index in [1.54, 1.807) is 15.6 Å². The van der Waals surface area contributed by atoms with Crippen molar-refractivity contribution in [3.8, 4) is 28.2 Å². The van der Waals surface area contributed by atoms with E-state index in [-0.39, 0.29) is 6.03 Å². The molecule has 5 rings (SSSR count). The molecule has 0 aliphatic rings. The number of carbonyl (C=O) groups is 1. The third-order valence-electron chi connectivity index (χ3n) is 5.34. The fraction of sp³-hybridized carbons (Fsp3) is 0.120. The molecule has 9 heteroatoms. The highest BCUT2D eigenvalue weighted by molar-refractivity contribution is 7.16. The number of urea groups is 1. The number of thiazole rings is 1. The second-order valence-electron chi connectivity index (χ2n) is 7.83. The molecule has 0 aliphatic heterocycles. The predicted octanol–water partition coefficient (Wildman–Crippen LogP) is 5.66. The van der Waals surface area contributed by atoms with Crippen molar-refractivity contribution in [2.75, 3.05) is 10.6 Å². The third kappa shape index (κ3) is 4.20. The van der Waals surface area contributed by atoms with Crippen molar-refractivity contribution in [1.29, 1.82) is 0 Å². The number of aryl methyl sites for hydroxylation is 2. The van der Waals surface area contributed by atoms with Crippen LogP contribution < -0.4 is 10.6 Å². The molecule has 0 radical (unpaired) electrons. The summed E-state index contributed by atoms with van der Waals surface area (Å²) in [6.07, 6.45) is 3.67. The van der Waals surface area contributed by atoms with Gasteiger partial charge < -0.3 is 0 Å². The third-order valence-corrected chi connectivity index (χ3v) is 6.23. The minimum absolute atomic E-state index is 0.362. The van der Waals surface area contributed by atoms with Crippen LogP contribution in [0.1, 0.15) is 10.6 Å². The van der Waals surface area contributed by atoms with Gasteiger partial charge >= 0.3 is 6.03 Å². The number of para-hydroxylation sites is 1. The van der Waals surface area contributed by atoms with Crippen LogP contribution in [0.2, 0.25) is 0 Å². The number of aromatic nitrogens is 5. The molecular formula is C25H23N7OS. The first-order chi connectivity index (χ1) is 16.5. The molecule has 0 fully saturated rings. The van der Waals surface area contributed by atoms with E-state index < -0.39 is 0 Å². The zero-order chi connectivity index (χ0) is 23.7. The van der Waals surface area contributed by atoms with Gasteiger partial charge in [0, 0.05) is 29.9 Å². The summed E-state index contributed by atoms with van der Waals surface area (Å²) in [6.45, 7) is 3.87. The lowest BCUT2D eigenvalue weighted by Crippen LogP contribution is -2.21. The summed E-state index contributed by atoms with van der Waals surface area (Å²) >= 11 is 1.44. The topological polar surface area (TPSA) is 89.7 Å². The Kier molecular flexibility index (Phi) is 5.69. The summed E-state index contributed by atoms with van der Waals surface area (Å²) in [6, 6.07) is 19.2. The van der Waals surface area contributed by atoms with Crippen LogP contribution in [0.3, 0.4) is 0 Å². The van der Waals surface area contributed by atoms with E-state index in [0.29, 0.717) is 10.8 Å². The van der Waals surface area contributed by atoms with E-state index >= 15 is 0 Å². The van der Waals surface area contributed by atoms with E-state index in [2.05, 4.69) is 20.7 Å². The first-order valence-corrected chi connectivity index (χ1v) is 11.6. The van der Waals surface area contributed by atoms with Crippen molar-refractivity contribution < 1.29 is 4.79 Å². The Hall–Kier alpha value is -4.24. The quantitative estimate of drug-likeness (QED) is 0.348. The maximum absolute atomic E-state index is 13.2. The molecule has 0 saturated carbocycles. The predicted molar refractivity (Wildman–Crippen MR) is 135 cm³/mol. The number of nitrogens with one attached hydrogen (secondary N) is 2. The van der Waals surface area contributed by atoms with E-state index in [1.165, 1.54) is 11.3 Å². The van der Waals surface area contributed by atoms with Gasteiger partial charge in [0.25, 0.3) is 0 Å². The van der Waals surface area contributed by atoms with Gasteiger partial charge in [0.2, 0.25) is 0 Å². The van der Waals surface area contributed by atoms with Crippen molar-refractivity contribution >= 4 is 28.2 Å². The molecule has 3 heterocycles. The Labute approximate surface area is 200 Å². The van der Waals surface area contributed by atoms with Gasteiger partial charge in [-0.3, -0.25) is 15.3 Å². The van der Waals surface area contributed by atoms with Crippen LogP contribution in [0.15, 0.2) is 73.1 Å². The largest absolute Gasteiger partial charge is 0.325 e. The molecule has 170 valence electrons. The standard InChI is InChI=1S/C25H23N7OS/c1-16-21(19-14-26-31(3)15-19)30-32(20-12-8-5-9-13-20)23(16)28-25(33)29-24-22(27-17(2)34-24)18-10-6-4-7-11-18/h4-15H,1-3H3,(H2,28,29,33). The van der Waals surface area contributed by atoms with Crippen molar-refractivity contribution in [3.63, 3.8) is 0 Å². The van der Waals surface area contributed by atoms with Gasteiger partial charge in [-0.15, -0.1) is 11.3 Å². The maximum atomic E-state index is 13.2. The van der Waals surface area contributed by atoms with Gasteiger partial charge in [0.1, 0.15) is 22.2 Å². The first-order valence-electron chi connectivity index (χ1n) is 10.7. The molecular weight excluding hydrogens is 446 g/mol. The number of carbonyl (C=O) groups excluding carboxylic acids is 1. The van der Waals surface area contributed by atoms with Crippen LogP contribution in [-0.4, -0.2) is 30.6 Å². The smallest absolute Gasteiger partial charge is 0.297 e. The monoisotopic (exact) mass is 469 g/mol. The van der Waals surface area contributed by atoms with Crippen molar-refractivity contribution in [2.24, 2.45) is 7.05 Å². The number of rotatable bonds is 5. The van der Waals surface area contributed by atoms with Gasteiger partial charge in [-0.05, 0) is 26.0 Å². The molecule has 34 heavy (non-hydrogen) atoms. The van der Waals surface area contributed by atoms with Crippen LogP contribution in [0, 0.1) is 13.8 Å². The van der Waals surface area contributed by atoms with Gasteiger partial charge in [-0.25, -0.2) is 14.5 Å². The van der Waals surface area contributed by atoms with E-state index in [0.717, 1.165) is 38.8 Å². The molecule has 0 aliphatic carbocycles. The number of nitrogens with zero attached hydrogens (tertiary/aromatic N) is 5. The lowest BCUT2D eigenvalue weighted by molar-refractivity contribution is 0.262. The Morgan fingerprint density at radius 3 is 2.29 bits per heavy atom. The van der Waals surface area contributed by atoms with Gasteiger partial charge in [0.15, 0.2) is 0 Å². The minimum Gasteiger partial charge on any atom is -0.297 e. The highest BCUT2D eigenvalue weighted by Crippen LogP contribution is 2.34. The van der Waals surface area contributed by atoms with Crippen LogP contribution in [0.5, 0.6) is 0 Å². The van der Waals surface area contributed by atoms with Crippen molar-refractivity contribution in [1.82, 2.24) is 24.5 Å². The first kappa shape index (κ1) is 21.6. The van der Waals surface area contributed by atoms with E-state index in [9.17, 15) is 4.79 Å². The number of hydrogen-bond donors (Lipinski definition) is 2. The molecule has 0 atom stereocenters. The molecule has 0 spiro atoms. The zero-order valence-electron chi connectivity index (χ0n) is 19.0. The molecule has 0 bridgehead atoms. The Balaban J connectivity index is 1.49. The molecule has 0 unspecified atom stereocenters. The molecule has 2 amide bonds. The van der Waals surface area contributed by atoms with Crippen molar-refractivity contribution in [2.45, 2.75) is 13.8 Å². The Bertz CT molecular complexity index is 1450. The summed E-state index contributed by atoms with van der Waals surface area (Å²) < 4.78 is 3.47. The molecule has 8 nitrogen and oxygen atoms in total. The number of benzene rings is 2. The van der Waals surface area contributed by atoms with Crippen molar-refractivity contribution in [3.05, 3.63) is 83.6 Å². The highest BCUT2D eigenvalue weighted by atomic mass is 32.1. The number of amides is 2. The number of hydrogen-bond acceptors (Lipinski definition) is 5. The van der Waals surface area contributed by atoms with Crippen LogP contribution in [-0.2, 0) is 7.05 Å². The summed E-state index contributed by atoms with van der Waals surface area (Å²) in [5, 5.41) is 16.6. The second-order valence-corrected chi connectivity index (χ2v) is 9.03. The van der Waals surface area contributed by atoms with Gasteiger partial charge in [0.05, 0.1) is 16.9 Å². The average molecular weight is 470 g/mol. The minimum atomic E-state index is -0.362. The maximum Gasteiger partial charge on any atom is 0.325 e. The molecule has 2 aromatic carbocycles. The lowest BCUT2D eigenvalue weighted by atomic mass is 10.1. The fourth-order valence-corrected chi connectivity index (χ4v) is 4.60. The molecule has 2 N–H and O–H groups in total. The Morgan fingerprint density at radius 2 is 1.62 bits per heavy atom. The number of anilines is 2. The fourth-order valence-electron chi connectivity index (χ4n) is 3.76. The van der Waals surface area contributed by atoms with E-state index in [1.807, 2.05) is 87.8 Å². The van der Waals surface area contributed by atoms with Gasteiger partial charge in [-0.2, -0.15) is 10.2 Å². The Morgan fingerprint density at radius 1 is 0.912 bits per heavy atom. The SMILES string of the molecule is Cc1nc(-c2ccccc2)c(NC(=O)Nc2c(C)c(-c3cnn(C)c3)nn2-c2ccccc2)s1.